The summed E-state index contributed by atoms with van der Waals surface area (Å²) in [5.41, 5.74) is 2.19. The number of hydrogen-bond acceptors (Lipinski definition) is 4. The first-order valence-corrected chi connectivity index (χ1v) is 7.03. The Kier molecular flexibility index (Phi) is 5.32. The average molecular weight is 291 g/mol. The normalized spacial score (nSPS) is 10.8. The molecule has 5 heteroatoms. The van der Waals surface area contributed by atoms with E-state index in [4.69, 9.17) is 11.6 Å². The Bertz CT molecular complexity index is 525. The van der Waals surface area contributed by atoms with Crippen LogP contribution in [0.4, 0.5) is 5.82 Å². The Morgan fingerprint density at radius 2 is 1.85 bits per heavy atom. The number of nitrogens with zero attached hydrogens (tertiary/aromatic N) is 3. The van der Waals surface area contributed by atoms with Crippen molar-refractivity contribution < 1.29 is 0 Å². The third-order valence-corrected chi connectivity index (χ3v) is 3.11. The molecule has 2 aromatic rings. The van der Waals surface area contributed by atoms with E-state index in [1.807, 2.05) is 37.4 Å². The molecule has 1 aromatic carbocycles. The molecule has 4 nitrogen and oxygen atoms in total. The second-order valence-corrected chi connectivity index (χ2v) is 5.16. The highest BCUT2D eigenvalue weighted by atomic mass is 35.5. The number of anilines is 1. The maximum absolute atomic E-state index is 5.88. The Balaban J connectivity index is 1.90. The smallest absolute Gasteiger partial charge is 0.144 e. The molecule has 1 heterocycles. The first-order chi connectivity index (χ1) is 9.67. The molecule has 20 heavy (non-hydrogen) atoms. The summed E-state index contributed by atoms with van der Waals surface area (Å²) in [6.07, 6.45) is 3.59. The second-order valence-electron chi connectivity index (χ2n) is 4.72. The van der Waals surface area contributed by atoms with Crippen LogP contribution in [0.1, 0.15) is 18.2 Å². The molecule has 0 aliphatic rings. The molecule has 0 unspecified atom stereocenters. The summed E-state index contributed by atoms with van der Waals surface area (Å²) in [7, 11) is 2.06. The van der Waals surface area contributed by atoms with Crippen molar-refractivity contribution in [1.29, 1.82) is 0 Å². The largest absolute Gasteiger partial charge is 0.369 e. The first kappa shape index (κ1) is 14.8. The van der Waals surface area contributed by atoms with Crippen LogP contribution in [0, 0.1) is 0 Å². The van der Waals surface area contributed by atoms with Gasteiger partial charge in [0.1, 0.15) is 5.82 Å². The van der Waals surface area contributed by atoms with E-state index in [-0.39, 0.29) is 0 Å². The quantitative estimate of drug-likeness (QED) is 0.887. The van der Waals surface area contributed by atoms with E-state index < -0.39 is 0 Å². The average Bonchev–Trinajstić information content (AvgIpc) is 2.44. The molecule has 0 radical (unpaired) electrons. The van der Waals surface area contributed by atoms with Gasteiger partial charge >= 0.3 is 0 Å². The fourth-order valence-corrected chi connectivity index (χ4v) is 2.07. The van der Waals surface area contributed by atoms with E-state index in [9.17, 15) is 0 Å². The minimum Gasteiger partial charge on any atom is -0.369 e. The summed E-state index contributed by atoms with van der Waals surface area (Å²) >= 11 is 5.88. The molecule has 0 amide bonds. The van der Waals surface area contributed by atoms with E-state index in [1.165, 1.54) is 5.56 Å². The standard InChI is InChI=1S/C15H19ClN4/c1-3-17-15-9-18-14(8-19-15)11-20(2)10-12-4-6-13(16)7-5-12/h4-9H,3,10-11H2,1-2H3,(H,17,19). The van der Waals surface area contributed by atoms with Crippen molar-refractivity contribution in [1.82, 2.24) is 14.9 Å². The minimum absolute atomic E-state index is 0.765. The van der Waals surface area contributed by atoms with Crippen LogP contribution in [-0.4, -0.2) is 28.5 Å². The van der Waals surface area contributed by atoms with E-state index in [0.29, 0.717) is 0 Å². The van der Waals surface area contributed by atoms with E-state index in [0.717, 1.165) is 36.2 Å². The van der Waals surface area contributed by atoms with Gasteiger partial charge in [0.2, 0.25) is 0 Å². The lowest BCUT2D eigenvalue weighted by atomic mass is 10.2. The van der Waals surface area contributed by atoms with Gasteiger partial charge in [-0.25, -0.2) is 4.98 Å². The van der Waals surface area contributed by atoms with Crippen molar-refractivity contribution in [2.45, 2.75) is 20.0 Å². The van der Waals surface area contributed by atoms with Crippen LogP contribution in [0.25, 0.3) is 0 Å². The molecule has 0 aliphatic carbocycles. The predicted octanol–water partition coefficient (Wildman–Crippen LogP) is 3.19. The summed E-state index contributed by atoms with van der Waals surface area (Å²) in [5.74, 6) is 0.816. The summed E-state index contributed by atoms with van der Waals surface area (Å²) in [6, 6.07) is 7.91. The van der Waals surface area contributed by atoms with E-state index >= 15 is 0 Å². The molecule has 0 spiro atoms. The van der Waals surface area contributed by atoms with E-state index in [2.05, 4.69) is 27.2 Å². The van der Waals surface area contributed by atoms with Gasteiger partial charge in [-0.05, 0) is 31.7 Å². The topological polar surface area (TPSA) is 41.1 Å². The van der Waals surface area contributed by atoms with Crippen LogP contribution in [-0.2, 0) is 13.1 Å². The molecule has 0 saturated carbocycles. The Morgan fingerprint density at radius 1 is 1.10 bits per heavy atom. The van der Waals surface area contributed by atoms with Crippen LogP contribution in [0.2, 0.25) is 5.02 Å². The lowest BCUT2D eigenvalue weighted by Crippen LogP contribution is -2.18. The monoisotopic (exact) mass is 290 g/mol. The highest BCUT2D eigenvalue weighted by molar-refractivity contribution is 6.30. The number of aromatic nitrogens is 2. The molecule has 0 atom stereocenters. The molecular formula is C15H19ClN4. The van der Waals surface area contributed by atoms with Gasteiger partial charge in [-0.2, -0.15) is 0 Å². The maximum atomic E-state index is 5.88. The zero-order valence-electron chi connectivity index (χ0n) is 11.8. The van der Waals surface area contributed by atoms with Gasteiger partial charge in [0.15, 0.2) is 0 Å². The van der Waals surface area contributed by atoms with Crippen LogP contribution < -0.4 is 5.32 Å². The molecule has 1 aromatic heterocycles. The number of benzene rings is 1. The molecule has 0 aliphatic heterocycles. The van der Waals surface area contributed by atoms with Gasteiger partial charge in [0, 0.05) is 24.7 Å². The highest BCUT2D eigenvalue weighted by Gasteiger charge is 2.04. The number of hydrogen-bond donors (Lipinski definition) is 1. The summed E-state index contributed by atoms with van der Waals surface area (Å²) in [4.78, 5) is 10.9. The SMILES string of the molecule is CCNc1cnc(CN(C)Cc2ccc(Cl)cc2)cn1. The second kappa shape index (κ2) is 7.22. The lowest BCUT2D eigenvalue weighted by Gasteiger charge is -2.16. The Morgan fingerprint density at radius 3 is 2.45 bits per heavy atom. The van der Waals surface area contributed by atoms with Crippen LogP contribution in [0.3, 0.4) is 0 Å². The van der Waals surface area contributed by atoms with Crippen molar-refractivity contribution in [3.63, 3.8) is 0 Å². The summed E-state index contributed by atoms with van der Waals surface area (Å²) in [6.45, 7) is 4.51. The fourth-order valence-electron chi connectivity index (χ4n) is 1.94. The molecule has 106 valence electrons. The summed E-state index contributed by atoms with van der Waals surface area (Å²) < 4.78 is 0. The van der Waals surface area contributed by atoms with Crippen molar-refractivity contribution in [3.8, 4) is 0 Å². The van der Waals surface area contributed by atoms with Crippen molar-refractivity contribution in [3.05, 3.63) is 52.9 Å². The third-order valence-electron chi connectivity index (χ3n) is 2.86. The number of rotatable bonds is 6. The van der Waals surface area contributed by atoms with Crippen LogP contribution >= 0.6 is 11.6 Å². The summed E-state index contributed by atoms with van der Waals surface area (Å²) in [5, 5.41) is 3.90. The predicted molar refractivity (Wildman–Crippen MR) is 82.8 cm³/mol. The van der Waals surface area contributed by atoms with Gasteiger partial charge in [-0.15, -0.1) is 0 Å². The number of nitrogens with one attached hydrogen (secondary N) is 1. The first-order valence-electron chi connectivity index (χ1n) is 6.65. The zero-order chi connectivity index (χ0) is 14.4. The van der Waals surface area contributed by atoms with Crippen molar-refractivity contribution in [2.75, 3.05) is 18.9 Å². The molecule has 0 saturated heterocycles. The Labute approximate surface area is 124 Å². The fraction of sp³-hybridized carbons (Fsp3) is 0.333. The lowest BCUT2D eigenvalue weighted by molar-refractivity contribution is 0.314. The maximum Gasteiger partial charge on any atom is 0.144 e. The van der Waals surface area contributed by atoms with Crippen LogP contribution in [0.15, 0.2) is 36.7 Å². The van der Waals surface area contributed by atoms with Gasteiger partial charge in [0.05, 0.1) is 18.1 Å². The highest BCUT2D eigenvalue weighted by Crippen LogP contribution is 2.12. The molecule has 2 rings (SSSR count). The molecule has 0 bridgehead atoms. The van der Waals surface area contributed by atoms with Gasteiger partial charge in [-0.1, -0.05) is 23.7 Å². The minimum atomic E-state index is 0.765. The number of halogens is 1. The third kappa shape index (κ3) is 4.47. The van der Waals surface area contributed by atoms with Crippen molar-refractivity contribution in [2.24, 2.45) is 0 Å². The van der Waals surface area contributed by atoms with Gasteiger partial charge < -0.3 is 5.32 Å². The van der Waals surface area contributed by atoms with Crippen LogP contribution in [0.5, 0.6) is 0 Å². The molecule has 1 N–H and O–H groups in total. The van der Waals surface area contributed by atoms with Gasteiger partial charge in [0.25, 0.3) is 0 Å². The van der Waals surface area contributed by atoms with E-state index in [1.54, 1.807) is 6.20 Å². The zero-order valence-corrected chi connectivity index (χ0v) is 12.6. The van der Waals surface area contributed by atoms with Crippen molar-refractivity contribution >= 4 is 17.4 Å². The Hall–Kier alpha value is -1.65. The molecular weight excluding hydrogens is 272 g/mol. The molecule has 0 fully saturated rings. The van der Waals surface area contributed by atoms with Gasteiger partial charge in [-0.3, -0.25) is 9.88 Å².